The molecule has 9 heteroatoms. The van der Waals surface area contributed by atoms with Crippen LogP contribution < -0.4 is 26.6 Å². The molecule has 0 aromatic rings. The van der Waals surface area contributed by atoms with Gasteiger partial charge in [-0.2, -0.15) is 0 Å². The van der Waals surface area contributed by atoms with E-state index in [9.17, 15) is 19.2 Å². The molecule has 0 radical (unpaired) electrons. The Bertz CT molecular complexity index is 918. The van der Waals surface area contributed by atoms with E-state index in [1.54, 1.807) is 0 Å². The van der Waals surface area contributed by atoms with E-state index >= 15 is 0 Å². The molecule has 2 atom stereocenters. The summed E-state index contributed by atoms with van der Waals surface area (Å²) in [5.41, 5.74) is 1.05. The van der Waals surface area contributed by atoms with Gasteiger partial charge in [-0.25, -0.2) is 0 Å². The Morgan fingerprint density at radius 1 is 0.449 bits per heavy atom. The Balaban J connectivity index is 5.10. The highest BCUT2D eigenvalue weighted by molar-refractivity contribution is 5.92. The van der Waals surface area contributed by atoms with Crippen molar-refractivity contribution in [2.24, 2.45) is 17.8 Å². The van der Waals surface area contributed by atoms with Crippen molar-refractivity contribution in [2.45, 2.75) is 189 Å². The average Bonchev–Trinajstić information content (AvgIpc) is 3.01. The summed E-state index contributed by atoms with van der Waals surface area (Å²) in [4.78, 5) is 51.9. The largest absolute Gasteiger partial charge is 0.389 e. The van der Waals surface area contributed by atoms with Crippen LogP contribution in [-0.2, 0) is 19.2 Å². The lowest BCUT2D eigenvalue weighted by Gasteiger charge is -2.24. The first kappa shape index (κ1) is 46.4. The minimum Gasteiger partial charge on any atom is -0.389 e. The summed E-state index contributed by atoms with van der Waals surface area (Å²) in [6.07, 6.45) is 15.3. The van der Waals surface area contributed by atoms with Gasteiger partial charge in [0.2, 0.25) is 23.6 Å². The molecular formula is C40H77N5O4. The number of carbonyl (C=O) groups is 4. The molecule has 0 aliphatic rings. The number of rotatable bonds is 31. The fraction of sp³-hybridized carbons (Fsp3) is 0.850. The number of allylic oxidation sites excluding steroid dienone is 1. The Labute approximate surface area is 301 Å². The lowest BCUT2D eigenvalue weighted by molar-refractivity contribution is -0.132. The van der Waals surface area contributed by atoms with Gasteiger partial charge in [-0.1, -0.05) is 86.6 Å². The highest BCUT2D eigenvalue weighted by Gasteiger charge is 2.26. The number of hydrogen-bond acceptors (Lipinski definition) is 5. The molecule has 49 heavy (non-hydrogen) atoms. The number of hydrogen-bond donors (Lipinski definition) is 5. The Kier molecular flexibility index (Phi) is 27.6. The molecule has 0 aliphatic heterocycles. The van der Waals surface area contributed by atoms with Gasteiger partial charge in [0.25, 0.3) is 0 Å². The van der Waals surface area contributed by atoms with Crippen molar-refractivity contribution in [3.8, 4) is 0 Å². The summed E-state index contributed by atoms with van der Waals surface area (Å²) in [6, 6.07) is -1.48. The quantitative estimate of drug-likeness (QED) is 0.0477. The van der Waals surface area contributed by atoms with Crippen LogP contribution in [0.2, 0.25) is 0 Å². The third kappa shape index (κ3) is 28.9. The van der Waals surface area contributed by atoms with Gasteiger partial charge in [0.1, 0.15) is 12.1 Å². The van der Waals surface area contributed by atoms with Crippen LogP contribution in [0.3, 0.4) is 0 Å². The summed E-state index contributed by atoms with van der Waals surface area (Å²) in [5.74, 6) is 1.34. The van der Waals surface area contributed by atoms with Gasteiger partial charge in [0, 0.05) is 37.7 Å². The van der Waals surface area contributed by atoms with Gasteiger partial charge >= 0.3 is 0 Å². The third-order valence-electron chi connectivity index (χ3n) is 8.63. The summed E-state index contributed by atoms with van der Waals surface area (Å²) >= 11 is 0. The summed E-state index contributed by atoms with van der Waals surface area (Å²) in [6.45, 7) is 22.5. The maximum absolute atomic E-state index is 13.6. The molecule has 0 aromatic heterocycles. The van der Waals surface area contributed by atoms with Crippen molar-refractivity contribution >= 4 is 23.6 Å². The topological polar surface area (TPSA) is 128 Å². The molecule has 286 valence electrons. The molecule has 0 saturated heterocycles. The first-order valence-corrected chi connectivity index (χ1v) is 19.8. The van der Waals surface area contributed by atoms with E-state index in [1.165, 1.54) is 12.8 Å². The van der Waals surface area contributed by atoms with E-state index in [-0.39, 0.29) is 29.7 Å². The molecule has 0 spiro atoms. The number of amides is 4. The molecular weight excluding hydrogens is 614 g/mol. The molecule has 9 nitrogen and oxygen atoms in total. The van der Waals surface area contributed by atoms with Gasteiger partial charge < -0.3 is 26.6 Å². The van der Waals surface area contributed by atoms with Crippen molar-refractivity contribution in [2.75, 3.05) is 13.1 Å². The van der Waals surface area contributed by atoms with Crippen molar-refractivity contribution in [3.05, 3.63) is 12.3 Å². The summed E-state index contributed by atoms with van der Waals surface area (Å²) in [7, 11) is 0. The predicted molar refractivity (Wildman–Crippen MR) is 205 cm³/mol. The zero-order valence-corrected chi connectivity index (χ0v) is 32.9. The summed E-state index contributed by atoms with van der Waals surface area (Å²) in [5, 5.41) is 15.3. The van der Waals surface area contributed by atoms with Gasteiger partial charge in [0.05, 0.1) is 0 Å². The van der Waals surface area contributed by atoms with Crippen LogP contribution in [-0.4, -0.2) is 54.8 Å². The fourth-order valence-corrected chi connectivity index (χ4v) is 5.65. The van der Waals surface area contributed by atoms with Crippen LogP contribution in [0.15, 0.2) is 12.3 Å². The van der Waals surface area contributed by atoms with Crippen LogP contribution in [0.1, 0.15) is 171 Å². The van der Waals surface area contributed by atoms with Gasteiger partial charge in [-0.15, -0.1) is 0 Å². The molecule has 0 rings (SSSR count). The molecule has 0 aliphatic carbocycles. The van der Waals surface area contributed by atoms with E-state index in [2.05, 4.69) is 74.7 Å². The van der Waals surface area contributed by atoms with E-state index < -0.39 is 12.1 Å². The van der Waals surface area contributed by atoms with Crippen molar-refractivity contribution in [3.63, 3.8) is 0 Å². The minimum atomic E-state index is -0.737. The van der Waals surface area contributed by atoms with Gasteiger partial charge in [-0.05, 0) is 95.8 Å². The lowest BCUT2D eigenvalue weighted by atomic mass is 10.0. The smallest absolute Gasteiger partial charge is 0.243 e. The van der Waals surface area contributed by atoms with Crippen LogP contribution in [0, 0.1) is 17.8 Å². The van der Waals surface area contributed by atoms with E-state index in [0.717, 1.165) is 82.4 Å². The lowest BCUT2D eigenvalue weighted by Crippen LogP contribution is -2.54. The van der Waals surface area contributed by atoms with E-state index in [1.807, 2.05) is 13.8 Å². The third-order valence-corrected chi connectivity index (χ3v) is 8.63. The molecule has 0 bridgehead atoms. The van der Waals surface area contributed by atoms with Gasteiger partial charge in [0.15, 0.2) is 0 Å². The SMILES string of the molecule is C=C(CCCCC(C)C)NCCCCC(NC(=O)C(CCCCNC(=O)CCCCC(C)C)NC(=O)CCCCC(C)C)C(=O)NC(C)C. The maximum Gasteiger partial charge on any atom is 0.243 e. The molecule has 0 fully saturated rings. The second kappa shape index (κ2) is 29.2. The second-order valence-corrected chi connectivity index (χ2v) is 15.6. The highest BCUT2D eigenvalue weighted by atomic mass is 16.2. The Hall–Kier alpha value is -2.58. The Morgan fingerprint density at radius 3 is 1.35 bits per heavy atom. The zero-order chi connectivity index (χ0) is 37.0. The maximum atomic E-state index is 13.6. The highest BCUT2D eigenvalue weighted by Crippen LogP contribution is 2.12. The molecule has 5 N–H and O–H groups in total. The minimum absolute atomic E-state index is 0.0562. The fourth-order valence-electron chi connectivity index (χ4n) is 5.65. The number of carbonyl (C=O) groups excluding carboxylic acids is 4. The van der Waals surface area contributed by atoms with Crippen molar-refractivity contribution in [1.82, 2.24) is 26.6 Å². The van der Waals surface area contributed by atoms with Crippen molar-refractivity contribution in [1.29, 1.82) is 0 Å². The summed E-state index contributed by atoms with van der Waals surface area (Å²) < 4.78 is 0. The molecule has 4 amide bonds. The van der Waals surface area contributed by atoms with Crippen LogP contribution in [0.25, 0.3) is 0 Å². The molecule has 2 unspecified atom stereocenters. The van der Waals surface area contributed by atoms with Gasteiger partial charge in [-0.3, -0.25) is 19.2 Å². The van der Waals surface area contributed by atoms with Crippen LogP contribution in [0.4, 0.5) is 0 Å². The number of nitrogens with one attached hydrogen (secondary N) is 5. The van der Waals surface area contributed by atoms with E-state index in [0.29, 0.717) is 56.9 Å². The monoisotopic (exact) mass is 692 g/mol. The van der Waals surface area contributed by atoms with E-state index in [4.69, 9.17) is 0 Å². The predicted octanol–water partition coefficient (Wildman–Crippen LogP) is 7.69. The standard InChI is InChI=1S/C40H77N5O4/c1-30(2)20-10-13-23-34(9)41-28-18-16-25-36(39(48)43-33(7)8)45-40(49)35(44-38(47)27-15-12-22-32(5)6)24-17-19-29-42-37(46)26-14-11-21-31(3)4/h30-33,35-36,41H,9-29H2,1-8H3,(H,42,46)(H,43,48)(H,44,47)(H,45,49). The molecule has 0 aromatic carbocycles. The average molecular weight is 692 g/mol. The first-order chi connectivity index (χ1) is 23.2. The normalized spacial score (nSPS) is 12.7. The molecule has 0 saturated carbocycles. The zero-order valence-electron chi connectivity index (χ0n) is 32.9. The first-order valence-electron chi connectivity index (χ1n) is 19.8. The Morgan fingerprint density at radius 2 is 0.857 bits per heavy atom. The second-order valence-electron chi connectivity index (χ2n) is 15.6. The number of unbranched alkanes of at least 4 members (excludes halogenated alkanes) is 5. The van der Waals surface area contributed by atoms with Crippen molar-refractivity contribution < 1.29 is 19.2 Å². The van der Waals surface area contributed by atoms with Crippen LogP contribution >= 0.6 is 0 Å². The van der Waals surface area contributed by atoms with Crippen LogP contribution in [0.5, 0.6) is 0 Å². The molecule has 0 heterocycles.